The molecule has 1 aliphatic heterocycles. The number of nitrogens with zero attached hydrogens (tertiary/aromatic N) is 1. The first-order valence-electron chi connectivity index (χ1n) is 7.79. The Morgan fingerprint density at radius 1 is 1.38 bits per heavy atom. The van der Waals surface area contributed by atoms with E-state index in [1.54, 1.807) is 7.05 Å². The summed E-state index contributed by atoms with van der Waals surface area (Å²) in [4.78, 5) is 4.13. The predicted octanol–water partition coefficient (Wildman–Crippen LogP) is 1.73. The molecular formula is C16H26IN3O3S. The number of ether oxygens (including phenoxy) is 1. The molecule has 8 heteroatoms. The molecule has 1 saturated heterocycles. The first-order chi connectivity index (χ1) is 10.9. The number of sulfone groups is 1. The number of halogens is 1. The minimum Gasteiger partial charge on any atom is -0.489 e. The summed E-state index contributed by atoms with van der Waals surface area (Å²) in [7, 11) is -1.22. The molecular weight excluding hydrogens is 441 g/mol. The number of hydrogen-bond donors (Lipinski definition) is 2. The van der Waals surface area contributed by atoms with E-state index < -0.39 is 9.84 Å². The highest BCUT2D eigenvalue weighted by molar-refractivity contribution is 14.0. The molecule has 2 atom stereocenters. The van der Waals surface area contributed by atoms with E-state index >= 15 is 0 Å². The van der Waals surface area contributed by atoms with Crippen LogP contribution in [-0.2, 0) is 9.84 Å². The van der Waals surface area contributed by atoms with Gasteiger partial charge in [0, 0.05) is 13.1 Å². The summed E-state index contributed by atoms with van der Waals surface area (Å²) in [6, 6.07) is 7.84. The highest BCUT2D eigenvalue weighted by atomic mass is 127. The molecule has 2 unspecified atom stereocenters. The lowest BCUT2D eigenvalue weighted by Gasteiger charge is -2.19. The van der Waals surface area contributed by atoms with Crippen LogP contribution in [0.25, 0.3) is 0 Å². The molecule has 0 amide bonds. The highest BCUT2D eigenvalue weighted by Gasteiger charge is 2.28. The van der Waals surface area contributed by atoms with Gasteiger partial charge in [-0.3, -0.25) is 4.99 Å². The quantitative estimate of drug-likeness (QED) is 0.392. The van der Waals surface area contributed by atoms with Gasteiger partial charge >= 0.3 is 0 Å². The van der Waals surface area contributed by atoms with E-state index in [1.165, 1.54) is 5.56 Å². The van der Waals surface area contributed by atoms with Gasteiger partial charge in [0.15, 0.2) is 15.8 Å². The Labute approximate surface area is 161 Å². The monoisotopic (exact) mass is 467 g/mol. The lowest BCUT2D eigenvalue weighted by molar-refractivity contribution is 0.223. The molecule has 2 N–H and O–H groups in total. The summed E-state index contributed by atoms with van der Waals surface area (Å²) in [5, 5.41) is 6.33. The Kier molecular flexibility index (Phi) is 8.28. The van der Waals surface area contributed by atoms with Gasteiger partial charge in [-0.15, -0.1) is 24.0 Å². The maximum Gasteiger partial charge on any atom is 0.191 e. The zero-order valence-electron chi connectivity index (χ0n) is 14.3. The standard InChI is InChI=1S/C16H25N3O3S.HI/c1-12-4-6-15(7-5-12)22-13(2)10-18-16(17-3)19-14-8-9-23(20,21)11-14;/h4-7,13-14H,8-11H2,1-3H3,(H2,17,18,19);1H. The molecule has 0 bridgehead atoms. The lowest BCUT2D eigenvalue weighted by Crippen LogP contribution is -2.46. The summed E-state index contributed by atoms with van der Waals surface area (Å²) in [6.07, 6.45) is 0.585. The van der Waals surface area contributed by atoms with Crippen molar-refractivity contribution < 1.29 is 13.2 Å². The molecule has 1 aliphatic rings. The van der Waals surface area contributed by atoms with Gasteiger partial charge in [-0.05, 0) is 32.4 Å². The largest absolute Gasteiger partial charge is 0.489 e. The van der Waals surface area contributed by atoms with Crippen molar-refractivity contribution in [2.75, 3.05) is 25.1 Å². The zero-order valence-corrected chi connectivity index (χ0v) is 17.4. The van der Waals surface area contributed by atoms with E-state index in [0.717, 1.165) is 5.75 Å². The van der Waals surface area contributed by atoms with Crippen LogP contribution >= 0.6 is 24.0 Å². The second-order valence-electron chi connectivity index (χ2n) is 5.94. The van der Waals surface area contributed by atoms with Crippen LogP contribution in [0, 0.1) is 6.92 Å². The minimum atomic E-state index is -2.89. The number of nitrogens with one attached hydrogen (secondary N) is 2. The third kappa shape index (κ3) is 6.84. The Bertz CT molecular complexity index is 647. The summed E-state index contributed by atoms with van der Waals surface area (Å²) >= 11 is 0. The van der Waals surface area contributed by atoms with Crippen LogP contribution in [0.5, 0.6) is 5.75 Å². The predicted molar refractivity (Wildman–Crippen MR) is 108 cm³/mol. The molecule has 1 aromatic rings. The normalized spacial score (nSPS) is 20.8. The third-order valence-corrected chi connectivity index (χ3v) is 5.48. The number of hydrogen-bond acceptors (Lipinski definition) is 4. The van der Waals surface area contributed by atoms with Crippen molar-refractivity contribution >= 4 is 39.8 Å². The first kappa shape index (κ1) is 21.0. The Morgan fingerprint density at radius 3 is 2.58 bits per heavy atom. The molecule has 6 nitrogen and oxygen atoms in total. The fraction of sp³-hybridized carbons (Fsp3) is 0.562. The lowest BCUT2D eigenvalue weighted by atomic mass is 10.2. The molecule has 0 saturated carbocycles. The Hall–Kier alpha value is -1.03. The third-order valence-electron chi connectivity index (χ3n) is 3.71. The molecule has 1 fully saturated rings. The SMILES string of the molecule is CN=C(NCC(C)Oc1ccc(C)cc1)NC1CCS(=O)(=O)C1.I. The van der Waals surface area contributed by atoms with E-state index in [9.17, 15) is 8.42 Å². The molecule has 136 valence electrons. The number of aryl methyl sites for hydroxylation is 1. The topological polar surface area (TPSA) is 79.8 Å². The minimum absolute atomic E-state index is 0. The van der Waals surface area contributed by atoms with Crippen molar-refractivity contribution in [3.63, 3.8) is 0 Å². The maximum absolute atomic E-state index is 11.5. The molecule has 0 aromatic heterocycles. The van der Waals surface area contributed by atoms with Crippen LogP contribution in [-0.4, -0.2) is 51.6 Å². The van der Waals surface area contributed by atoms with Crippen molar-refractivity contribution in [1.29, 1.82) is 0 Å². The Balaban J connectivity index is 0.00000288. The van der Waals surface area contributed by atoms with Crippen LogP contribution in [0.1, 0.15) is 18.9 Å². The summed E-state index contributed by atoms with van der Waals surface area (Å²) < 4.78 is 28.8. The van der Waals surface area contributed by atoms with Crippen LogP contribution in [0.2, 0.25) is 0 Å². The summed E-state index contributed by atoms with van der Waals surface area (Å²) in [5.74, 6) is 1.85. The zero-order chi connectivity index (χ0) is 16.9. The van der Waals surface area contributed by atoms with E-state index in [1.807, 2.05) is 38.1 Å². The van der Waals surface area contributed by atoms with Gasteiger partial charge in [0.25, 0.3) is 0 Å². The van der Waals surface area contributed by atoms with Crippen LogP contribution in [0.15, 0.2) is 29.3 Å². The summed E-state index contributed by atoms with van der Waals surface area (Å²) in [6.45, 7) is 4.58. The molecule has 0 aliphatic carbocycles. The van der Waals surface area contributed by atoms with E-state index in [2.05, 4.69) is 15.6 Å². The fourth-order valence-corrected chi connectivity index (χ4v) is 4.10. The second-order valence-corrected chi connectivity index (χ2v) is 8.17. The molecule has 0 spiro atoms. The molecule has 24 heavy (non-hydrogen) atoms. The van der Waals surface area contributed by atoms with Crippen molar-refractivity contribution in [3.05, 3.63) is 29.8 Å². The highest BCUT2D eigenvalue weighted by Crippen LogP contribution is 2.13. The van der Waals surface area contributed by atoms with Gasteiger partial charge in [-0.1, -0.05) is 17.7 Å². The van der Waals surface area contributed by atoms with E-state index in [4.69, 9.17) is 4.74 Å². The smallest absolute Gasteiger partial charge is 0.191 e. The van der Waals surface area contributed by atoms with E-state index in [0.29, 0.717) is 18.9 Å². The second kappa shape index (κ2) is 9.45. The van der Waals surface area contributed by atoms with Gasteiger partial charge in [0.2, 0.25) is 0 Å². The number of rotatable bonds is 5. The maximum atomic E-state index is 11.5. The Morgan fingerprint density at radius 2 is 2.04 bits per heavy atom. The van der Waals surface area contributed by atoms with Crippen LogP contribution in [0.3, 0.4) is 0 Å². The molecule has 0 radical (unpaired) electrons. The fourth-order valence-electron chi connectivity index (χ4n) is 2.43. The van der Waals surface area contributed by atoms with Crippen molar-refractivity contribution in [3.8, 4) is 5.75 Å². The van der Waals surface area contributed by atoms with Crippen molar-refractivity contribution in [2.45, 2.75) is 32.4 Å². The van der Waals surface area contributed by atoms with Gasteiger partial charge in [0.05, 0.1) is 18.1 Å². The van der Waals surface area contributed by atoms with Crippen LogP contribution in [0.4, 0.5) is 0 Å². The average Bonchev–Trinajstić information content (AvgIpc) is 2.85. The van der Waals surface area contributed by atoms with Gasteiger partial charge in [-0.25, -0.2) is 8.42 Å². The number of guanidine groups is 1. The van der Waals surface area contributed by atoms with Crippen LogP contribution < -0.4 is 15.4 Å². The molecule has 1 heterocycles. The van der Waals surface area contributed by atoms with Gasteiger partial charge in [-0.2, -0.15) is 0 Å². The average molecular weight is 467 g/mol. The van der Waals surface area contributed by atoms with Gasteiger partial charge < -0.3 is 15.4 Å². The summed E-state index contributed by atoms with van der Waals surface area (Å²) in [5.41, 5.74) is 1.19. The van der Waals surface area contributed by atoms with E-state index in [-0.39, 0.29) is 47.6 Å². The van der Waals surface area contributed by atoms with Crippen molar-refractivity contribution in [2.24, 2.45) is 4.99 Å². The molecule has 2 rings (SSSR count). The number of aliphatic imine (C=N–C) groups is 1. The molecule has 1 aromatic carbocycles. The number of benzene rings is 1. The first-order valence-corrected chi connectivity index (χ1v) is 9.61. The van der Waals surface area contributed by atoms with Crippen molar-refractivity contribution in [1.82, 2.24) is 10.6 Å². The van der Waals surface area contributed by atoms with Gasteiger partial charge in [0.1, 0.15) is 11.9 Å².